The van der Waals surface area contributed by atoms with Crippen LogP contribution in [0.5, 0.6) is 11.5 Å². The Balaban J connectivity index is 1.92. The Morgan fingerprint density at radius 3 is 2.29 bits per heavy atom. The van der Waals surface area contributed by atoms with Crippen molar-refractivity contribution in [3.63, 3.8) is 0 Å². The normalized spacial score (nSPS) is 11.6. The van der Waals surface area contributed by atoms with Gasteiger partial charge in [0.05, 0.1) is 31.0 Å². The summed E-state index contributed by atoms with van der Waals surface area (Å²) in [4.78, 5) is 41.8. The first-order chi connectivity index (χ1) is 16.2. The summed E-state index contributed by atoms with van der Waals surface area (Å²) in [5.74, 6) is -0.366. The van der Waals surface area contributed by atoms with E-state index in [4.69, 9.17) is 14.2 Å². The van der Waals surface area contributed by atoms with E-state index >= 15 is 0 Å². The molecule has 34 heavy (non-hydrogen) atoms. The van der Waals surface area contributed by atoms with E-state index in [2.05, 4.69) is 15.6 Å². The number of fused-ring (bicyclic) bond motifs is 1. The number of methoxy groups -OCH3 is 2. The quantitative estimate of drug-likeness (QED) is 0.511. The molecule has 2 aromatic carbocycles. The molecule has 1 atom stereocenters. The maximum absolute atomic E-state index is 13.1. The lowest BCUT2D eigenvalue weighted by Crippen LogP contribution is -2.46. The molecule has 0 spiro atoms. The van der Waals surface area contributed by atoms with Crippen LogP contribution in [0, 0.1) is 0 Å². The molecule has 0 bridgehead atoms. The number of hydrogen-bond acceptors (Lipinski definition) is 7. The number of nitrogens with one attached hydrogen (secondary N) is 2. The lowest BCUT2D eigenvalue weighted by atomic mass is 10.0. The number of carbonyl (C=O) groups excluding carboxylic acids is 3. The van der Waals surface area contributed by atoms with Crippen LogP contribution in [-0.4, -0.2) is 49.3 Å². The van der Waals surface area contributed by atoms with Crippen molar-refractivity contribution in [2.75, 3.05) is 14.2 Å². The lowest BCUT2D eigenvalue weighted by Gasteiger charge is -2.16. The van der Waals surface area contributed by atoms with Crippen LogP contribution in [0.4, 0.5) is 4.79 Å². The number of hydrogen-bond donors (Lipinski definition) is 2. The topological polar surface area (TPSA) is 116 Å². The minimum atomic E-state index is -1.19. The van der Waals surface area contributed by atoms with Gasteiger partial charge in [-0.05, 0) is 51.1 Å². The molecular formula is C25H27N3O6. The van der Waals surface area contributed by atoms with Crippen molar-refractivity contribution in [3.8, 4) is 22.8 Å². The van der Waals surface area contributed by atoms with Crippen LogP contribution in [0.25, 0.3) is 22.2 Å². The number of benzene rings is 2. The fraction of sp³-hybridized carbons (Fsp3) is 0.280. The van der Waals surface area contributed by atoms with E-state index in [1.807, 2.05) is 6.07 Å². The van der Waals surface area contributed by atoms with Gasteiger partial charge in [-0.3, -0.25) is 10.1 Å². The largest absolute Gasteiger partial charge is 0.493 e. The van der Waals surface area contributed by atoms with Gasteiger partial charge >= 0.3 is 12.0 Å². The van der Waals surface area contributed by atoms with Gasteiger partial charge in [0.15, 0.2) is 17.6 Å². The van der Waals surface area contributed by atoms with Crippen molar-refractivity contribution in [2.24, 2.45) is 0 Å². The minimum absolute atomic E-state index is 0.149. The van der Waals surface area contributed by atoms with Crippen LogP contribution >= 0.6 is 0 Å². The summed E-state index contributed by atoms with van der Waals surface area (Å²) < 4.78 is 16.0. The zero-order valence-corrected chi connectivity index (χ0v) is 19.7. The number of imide groups is 1. The molecule has 0 fully saturated rings. The van der Waals surface area contributed by atoms with Crippen molar-refractivity contribution < 1.29 is 28.6 Å². The minimum Gasteiger partial charge on any atom is -0.493 e. The van der Waals surface area contributed by atoms with Gasteiger partial charge in [-0.2, -0.15) is 0 Å². The van der Waals surface area contributed by atoms with Crippen molar-refractivity contribution in [1.82, 2.24) is 15.6 Å². The monoisotopic (exact) mass is 465 g/mol. The Morgan fingerprint density at radius 2 is 1.62 bits per heavy atom. The number of para-hydroxylation sites is 1. The maximum atomic E-state index is 13.1. The molecule has 0 saturated carbocycles. The highest BCUT2D eigenvalue weighted by Gasteiger charge is 2.23. The van der Waals surface area contributed by atoms with Crippen LogP contribution in [0.2, 0.25) is 0 Å². The molecule has 3 amide bonds. The van der Waals surface area contributed by atoms with Crippen LogP contribution in [-0.2, 0) is 9.53 Å². The number of carbonyl (C=O) groups is 3. The number of urea groups is 1. The molecule has 0 aliphatic carbocycles. The van der Waals surface area contributed by atoms with Gasteiger partial charge in [0.1, 0.15) is 0 Å². The Bertz CT molecular complexity index is 1220. The summed E-state index contributed by atoms with van der Waals surface area (Å²) in [7, 11) is 3.08. The maximum Gasteiger partial charge on any atom is 0.339 e. The van der Waals surface area contributed by atoms with Crippen LogP contribution in [0.3, 0.4) is 0 Å². The number of aromatic nitrogens is 1. The molecule has 1 aromatic heterocycles. The third-order valence-electron chi connectivity index (χ3n) is 4.92. The molecule has 9 heteroatoms. The van der Waals surface area contributed by atoms with E-state index in [1.54, 1.807) is 63.4 Å². The van der Waals surface area contributed by atoms with Crippen molar-refractivity contribution in [2.45, 2.75) is 32.9 Å². The van der Waals surface area contributed by atoms with E-state index in [1.165, 1.54) is 14.0 Å². The molecule has 1 unspecified atom stereocenters. The molecule has 9 nitrogen and oxygen atoms in total. The second-order valence-corrected chi connectivity index (χ2v) is 7.81. The van der Waals surface area contributed by atoms with Gasteiger partial charge in [-0.1, -0.05) is 18.2 Å². The second kappa shape index (κ2) is 10.7. The molecule has 1 heterocycles. The van der Waals surface area contributed by atoms with Gasteiger partial charge in [0.2, 0.25) is 0 Å². The molecule has 0 aliphatic heterocycles. The third-order valence-corrected chi connectivity index (χ3v) is 4.92. The van der Waals surface area contributed by atoms with Crippen molar-refractivity contribution in [3.05, 3.63) is 54.1 Å². The van der Waals surface area contributed by atoms with E-state index < -0.39 is 24.0 Å². The summed E-state index contributed by atoms with van der Waals surface area (Å²) in [6, 6.07) is 13.2. The lowest BCUT2D eigenvalue weighted by molar-refractivity contribution is -0.127. The average Bonchev–Trinajstić information content (AvgIpc) is 2.82. The molecule has 3 rings (SSSR count). The SMILES string of the molecule is COc1ccc(-c2cc(C(=O)OC(C)C(=O)NC(=O)NC(C)C)c3ccccc3n2)cc1OC. The predicted molar refractivity (Wildman–Crippen MR) is 127 cm³/mol. The number of rotatable bonds is 7. The molecule has 0 saturated heterocycles. The van der Waals surface area contributed by atoms with E-state index in [0.29, 0.717) is 33.7 Å². The summed E-state index contributed by atoms with van der Waals surface area (Å²) in [5.41, 5.74) is 2.03. The van der Waals surface area contributed by atoms with Crippen LogP contribution < -0.4 is 20.1 Å². The highest BCUT2D eigenvalue weighted by molar-refractivity contribution is 6.06. The van der Waals surface area contributed by atoms with E-state index in [9.17, 15) is 14.4 Å². The Morgan fingerprint density at radius 1 is 0.912 bits per heavy atom. The van der Waals surface area contributed by atoms with Crippen LogP contribution in [0.1, 0.15) is 31.1 Å². The summed E-state index contributed by atoms with van der Waals surface area (Å²) in [6.07, 6.45) is -1.19. The zero-order valence-electron chi connectivity index (χ0n) is 19.7. The highest BCUT2D eigenvalue weighted by Crippen LogP contribution is 2.33. The Labute approximate surface area is 197 Å². The number of nitrogens with zero attached hydrogens (tertiary/aromatic N) is 1. The fourth-order valence-corrected chi connectivity index (χ4v) is 3.28. The first-order valence-corrected chi connectivity index (χ1v) is 10.7. The average molecular weight is 466 g/mol. The van der Waals surface area contributed by atoms with E-state index in [-0.39, 0.29) is 11.6 Å². The molecule has 0 radical (unpaired) electrons. The van der Waals surface area contributed by atoms with Gasteiger partial charge in [0.25, 0.3) is 5.91 Å². The molecule has 178 valence electrons. The summed E-state index contributed by atoms with van der Waals surface area (Å²) in [5, 5.41) is 5.27. The van der Waals surface area contributed by atoms with E-state index in [0.717, 1.165) is 0 Å². The standard InChI is InChI=1S/C25H27N3O6/c1-14(2)26-25(31)28-23(29)15(3)34-24(30)18-13-20(27-19-9-7-6-8-17(18)19)16-10-11-21(32-4)22(12-16)33-5/h6-15H,1-5H3,(H2,26,28,29,31). The number of amides is 3. The van der Waals surface area contributed by atoms with Crippen molar-refractivity contribution in [1.29, 1.82) is 0 Å². The Kier molecular flexibility index (Phi) is 7.68. The Hall–Kier alpha value is -4.14. The zero-order chi connectivity index (χ0) is 24.8. The van der Waals surface area contributed by atoms with Gasteiger partial charge in [-0.15, -0.1) is 0 Å². The third kappa shape index (κ3) is 5.61. The smallest absolute Gasteiger partial charge is 0.339 e. The van der Waals surface area contributed by atoms with Gasteiger partial charge in [-0.25, -0.2) is 14.6 Å². The fourth-order valence-electron chi connectivity index (χ4n) is 3.28. The van der Waals surface area contributed by atoms with Gasteiger partial charge in [0, 0.05) is 17.0 Å². The van der Waals surface area contributed by atoms with Crippen molar-refractivity contribution >= 4 is 28.8 Å². The first kappa shape index (κ1) is 24.5. The second-order valence-electron chi connectivity index (χ2n) is 7.81. The summed E-state index contributed by atoms with van der Waals surface area (Å²) >= 11 is 0. The molecule has 3 aromatic rings. The predicted octanol–water partition coefficient (Wildman–Crippen LogP) is 3.70. The molecular weight excluding hydrogens is 438 g/mol. The number of pyridine rings is 1. The van der Waals surface area contributed by atoms with Crippen LogP contribution in [0.15, 0.2) is 48.5 Å². The first-order valence-electron chi connectivity index (χ1n) is 10.7. The number of esters is 1. The molecule has 2 N–H and O–H groups in total. The highest BCUT2D eigenvalue weighted by atomic mass is 16.5. The molecule has 0 aliphatic rings. The van der Waals surface area contributed by atoms with Gasteiger partial charge < -0.3 is 19.5 Å². The summed E-state index contributed by atoms with van der Waals surface area (Å²) in [6.45, 7) is 4.92. The number of ether oxygens (including phenoxy) is 3.